The van der Waals surface area contributed by atoms with Crippen molar-refractivity contribution in [3.63, 3.8) is 0 Å². The number of nitrogen functional groups attached to an aromatic ring is 2. The van der Waals surface area contributed by atoms with Crippen molar-refractivity contribution in [2.45, 2.75) is 26.2 Å². The summed E-state index contributed by atoms with van der Waals surface area (Å²) in [6.45, 7) is 6.71. The van der Waals surface area contributed by atoms with Gasteiger partial charge in [-0.3, -0.25) is 0 Å². The molecule has 3 aromatic carbocycles. The highest BCUT2D eigenvalue weighted by Crippen LogP contribution is 2.39. The van der Waals surface area contributed by atoms with Crippen molar-refractivity contribution in [1.82, 2.24) is 0 Å². The van der Waals surface area contributed by atoms with Crippen LogP contribution in [0.5, 0.6) is 0 Å². The van der Waals surface area contributed by atoms with Gasteiger partial charge in [0.25, 0.3) is 0 Å². The van der Waals surface area contributed by atoms with Gasteiger partial charge >= 0.3 is 0 Å². The van der Waals surface area contributed by atoms with E-state index in [4.69, 9.17) is 11.5 Å². The minimum absolute atomic E-state index is 0.0551. The molecule has 0 spiro atoms. The normalized spacial score (nSPS) is 11.5. The van der Waals surface area contributed by atoms with E-state index in [0.717, 1.165) is 22.5 Å². The summed E-state index contributed by atoms with van der Waals surface area (Å²) in [6.07, 6.45) is 0. The van der Waals surface area contributed by atoms with E-state index < -0.39 is 0 Å². The molecule has 0 bridgehead atoms. The van der Waals surface area contributed by atoms with Crippen molar-refractivity contribution in [1.29, 1.82) is 0 Å². The summed E-state index contributed by atoms with van der Waals surface area (Å²) in [7, 11) is 0. The monoisotopic (exact) mass is 316 g/mol. The molecule has 4 N–H and O–H groups in total. The van der Waals surface area contributed by atoms with Crippen molar-refractivity contribution in [2.24, 2.45) is 0 Å². The SMILES string of the molecule is CC(C)(C)c1ccccc1-c1cc(N)ccc1-c1ccc(N)cc1. The van der Waals surface area contributed by atoms with E-state index in [9.17, 15) is 0 Å². The quantitative estimate of drug-likeness (QED) is 0.615. The summed E-state index contributed by atoms with van der Waals surface area (Å²) < 4.78 is 0. The molecule has 2 heteroatoms. The smallest absolute Gasteiger partial charge is 0.0320 e. The highest BCUT2D eigenvalue weighted by atomic mass is 14.5. The Labute approximate surface area is 144 Å². The first kappa shape index (κ1) is 16.1. The molecule has 0 aliphatic rings. The second-order valence-electron chi connectivity index (χ2n) is 7.22. The maximum absolute atomic E-state index is 6.11. The molecule has 0 unspecified atom stereocenters. The zero-order valence-electron chi connectivity index (χ0n) is 14.5. The van der Waals surface area contributed by atoms with E-state index in [1.165, 1.54) is 16.7 Å². The third-order valence-corrected chi connectivity index (χ3v) is 4.29. The Morgan fingerprint density at radius 2 is 1.25 bits per heavy atom. The molecule has 0 radical (unpaired) electrons. The van der Waals surface area contributed by atoms with Gasteiger partial charge in [-0.1, -0.05) is 63.2 Å². The predicted molar refractivity (Wildman–Crippen MR) is 105 cm³/mol. The van der Waals surface area contributed by atoms with E-state index >= 15 is 0 Å². The number of rotatable bonds is 2. The first-order valence-corrected chi connectivity index (χ1v) is 8.21. The molecule has 0 amide bonds. The van der Waals surface area contributed by atoms with E-state index in [0.29, 0.717) is 0 Å². The van der Waals surface area contributed by atoms with Crippen molar-refractivity contribution in [3.8, 4) is 22.3 Å². The number of hydrogen-bond acceptors (Lipinski definition) is 2. The van der Waals surface area contributed by atoms with E-state index in [1.807, 2.05) is 18.2 Å². The van der Waals surface area contributed by atoms with Crippen LogP contribution in [-0.4, -0.2) is 0 Å². The Morgan fingerprint density at radius 3 is 1.92 bits per heavy atom. The maximum atomic E-state index is 6.11. The minimum atomic E-state index is 0.0551. The van der Waals surface area contributed by atoms with Crippen LogP contribution in [0.1, 0.15) is 26.3 Å². The van der Waals surface area contributed by atoms with Crippen LogP contribution in [0.4, 0.5) is 11.4 Å². The summed E-state index contributed by atoms with van der Waals surface area (Å²) in [4.78, 5) is 0. The molecule has 0 aliphatic heterocycles. The lowest BCUT2D eigenvalue weighted by molar-refractivity contribution is 0.592. The Bertz CT molecular complexity index is 856. The van der Waals surface area contributed by atoms with Gasteiger partial charge < -0.3 is 11.5 Å². The van der Waals surface area contributed by atoms with Crippen LogP contribution in [0.3, 0.4) is 0 Å². The highest BCUT2D eigenvalue weighted by molar-refractivity contribution is 5.87. The first-order valence-electron chi connectivity index (χ1n) is 8.21. The Morgan fingerprint density at radius 1 is 0.625 bits per heavy atom. The van der Waals surface area contributed by atoms with Crippen molar-refractivity contribution < 1.29 is 0 Å². The number of benzene rings is 3. The molecule has 0 saturated heterocycles. The molecule has 122 valence electrons. The summed E-state index contributed by atoms with van der Waals surface area (Å²) >= 11 is 0. The molecule has 0 aromatic heterocycles. The van der Waals surface area contributed by atoms with E-state index in [2.05, 4.69) is 69.3 Å². The lowest BCUT2D eigenvalue weighted by atomic mass is 9.80. The van der Waals surface area contributed by atoms with Gasteiger partial charge in [0.1, 0.15) is 0 Å². The van der Waals surface area contributed by atoms with Crippen LogP contribution in [0.25, 0.3) is 22.3 Å². The molecule has 3 rings (SSSR count). The lowest BCUT2D eigenvalue weighted by Gasteiger charge is -2.24. The van der Waals surface area contributed by atoms with Crippen LogP contribution in [0.15, 0.2) is 66.7 Å². The molecule has 2 nitrogen and oxygen atoms in total. The average molecular weight is 316 g/mol. The lowest BCUT2D eigenvalue weighted by Crippen LogP contribution is -2.12. The summed E-state index contributed by atoms with van der Waals surface area (Å²) in [6, 6.07) is 22.7. The van der Waals surface area contributed by atoms with Gasteiger partial charge in [0.15, 0.2) is 0 Å². The zero-order chi connectivity index (χ0) is 17.3. The Hall–Kier alpha value is -2.74. The fourth-order valence-corrected chi connectivity index (χ4v) is 3.07. The fourth-order valence-electron chi connectivity index (χ4n) is 3.07. The molecule has 3 aromatic rings. The molecule has 0 atom stereocenters. The Kier molecular flexibility index (Phi) is 4.06. The Balaban J connectivity index is 2.26. The first-order chi connectivity index (χ1) is 11.4. The van der Waals surface area contributed by atoms with Crippen molar-refractivity contribution >= 4 is 11.4 Å². The van der Waals surface area contributed by atoms with Gasteiger partial charge in [-0.05, 0) is 57.5 Å². The van der Waals surface area contributed by atoms with Gasteiger partial charge in [-0.25, -0.2) is 0 Å². The number of nitrogens with two attached hydrogens (primary N) is 2. The van der Waals surface area contributed by atoms with Crippen LogP contribution in [0.2, 0.25) is 0 Å². The molecule has 0 fully saturated rings. The third-order valence-electron chi connectivity index (χ3n) is 4.29. The molecule has 0 aliphatic carbocycles. The summed E-state index contributed by atoms with van der Waals surface area (Å²) in [5, 5.41) is 0. The van der Waals surface area contributed by atoms with Crippen LogP contribution in [0, 0.1) is 0 Å². The molecule has 0 saturated carbocycles. The second-order valence-corrected chi connectivity index (χ2v) is 7.22. The van der Waals surface area contributed by atoms with Gasteiger partial charge in [0.2, 0.25) is 0 Å². The maximum Gasteiger partial charge on any atom is 0.0320 e. The fraction of sp³-hybridized carbons (Fsp3) is 0.182. The van der Waals surface area contributed by atoms with Gasteiger partial charge in [0, 0.05) is 11.4 Å². The molecule has 24 heavy (non-hydrogen) atoms. The van der Waals surface area contributed by atoms with E-state index in [1.54, 1.807) is 0 Å². The topological polar surface area (TPSA) is 52.0 Å². The number of anilines is 2. The standard InChI is InChI=1S/C22H24N2/c1-22(2,3)21-7-5-4-6-19(21)20-14-17(24)12-13-18(20)15-8-10-16(23)11-9-15/h4-14H,23-24H2,1-3H3. The average Bonchev–Trinajstić information content (AvgIpc) is 2.55. The highest BCUT2D eigenvalue weighted by Gasteiger charge is 2.20. The van der Waals surface area contributed by atoms with Gasteiger partial charge in [0.05, 0.1) is 0 Å². The summed E-state index contributed by atoms with van der Waals surface area (Å²) in [5.74, 6) is 0. The van der Waals surface area contributed by atoms with Crippen LogP contribution >= 0.6 is 0 Å². The molecular weight excluding hydrogens is 292 g/mol. The van der Waals surface area contributed by atoms with Crippen LogP contribution in [-0.2, 0) is 5.41 Å². The summed E-state index contributed by atoms with van der Waals surface area (Å²) in [5.41, 5.74) is 19.5. The second kappa shape index (κ2) is 6.04. The van der Waals surface area contributed by atoms with Gasteiger partial charge in [-0.15, -0.1) is 0 Å². The van der Waals surface area contributed by atoms with E-state index in [-0.39, 0.29) is 5.41 Å². The predicted octanol–water partition coefficient (Wildman–Crippen LogP) is 5.48. The third kappa shape index (κ3) is 3.13. The van der Waals surface area contributed by atoms with Crippen LogP contribution < -0.4 is 11.5 Å². The number of hydrogen-bond donors (Lipinski definition) is 2. The minimum Gasteiger partial charge on any atom is -0.399 e. The van der Waals surface area contributed by atoms with Crippen molar-refractivity contribution in [2.75, 3.05) is 11.5 Å². The van der Waals surface area contributed by atoms with Crippen molar-refractivity contribution in [3.05, 3.63) is 72.3 Å². The largest absolute Gasteiger partial charge is 0.399 e. The van der Waals surface area contributed by atoms with Gasteiger partial charge in [-0.2, -0.15) is 0 Å². The molecular formula is C22H24N2. The zero-order valence-corrected chi connectivity index (χ0v) is 14.5. The molecule has 0 heterocycles.